The second kappa shape index (κ2) is 13.4. The molecule has 0 bridgehead atoms. The molecule has 0 aromatic rings. The van der Waals surface area contributed by atoms with E-state index < -0.39 is 41.1 Å². The van der Waals surface area contributed by atoms with Crippen LogP contribution >= 0.6 is 0 Å². The third kappa shape index (κ3) is 7.68. The van der Waals surface area contributed by atoms with E-state index in [2.05, 4.69) is 41.7 Å². The zero-order valence-corrected chi connectivity index (χ0v) is 25.8. The normalized spacial score (nSPS) is 24.8. The number of likely N-dealkylation sites (tertiary alicyclic amines) is 1. The maximum Gasteiger partial charge on any atom is 0.315 e. The fraction of sp³-hybridized carbons (Fsp3) is 0.774. The molecule has 1 aliphatic heterocycles. The summed E-state index contributed by atoms with van der Waals surface area (Å²) in [6.45, 7) is 15.9. The van der Waals surface area contributed by atoms with Crippen LogP contribution in [0.5, 0.6) is 0 Å². The van der Waals surface area contributed by atoms with Gasteiger partial charge < -0.3 is 26.2 Å². The fourth-order valence-corrected chi connectivity index (χ4v) is 6.58. The van der Waals surface area contributed by atoms with Gasteiger partial charge in [-0.15, -0.1) is 6.58 Å². The summed E-state index contributed by atoms with van der Waals surface area (Å²) < 4.78 is 0. The van der Waals surface area contributed by atoms with Crippen molar-refractivity contribution in [2.24, 2.45) is 22.7 Å². The van der Waals surface area contributed by atoms with Gasteiger partial charge in [-0.25, -0.2) is 4.79 Å². The van der Waals surface area contributed by atoms with Crippen LogP contribution < -0.4 is 21.3 Å². The summed E-state index contributed by atoms with van der Waals surface area (Å²) in [4.78, 5) is 67.9. The lowest BCUT2D eigenvalue weighted by Crippen LogP contribution is -2.61. The van der Waals surface area contributed by atoms with Gasteiger partial charge in [-0.2, -0.15) is 0 Å². The number of piperidine rings is 1. The van der Waals surface area contributed by atoms with Gasteiger partial charge in [-0.05, 0) is 41.9 Å². The van der Waals surface area contributed by atoms with E-state index in [1.807, 2.05) is 27.7 Å². The van der Waals surface area contributed by atoms with Crippen molar-refractivity contribution in [2.45, 2.75) is 117 Å². The van der Waals surface area contributed by atoms with Crippen LogP contribution in [0.2, 0.25) is 0 Å². The van der Waals surface area contributed by atoms with Gasteiger partial charge in [0.25, 0.3) is 5.91 Å². The predicted octanol–water partition coefficient (Wildman–Crippen LogP) is 3.06. The van der Waals surface area contributed by atoms with Crippen molar-refractivity contribution in [1.82, 2.24) is 26.2 Å². The molecule has 0 spiro atoms. The van der Waals surface area contributed by atoms with Crippen LogP contribution in [0.1, 0.15) is 92.9 Å². The molecule has 2 aliphatic carbocycles. The SMILES string of the molecule is C=CCNC(=O)C(=O)[C@H](CCCC)NC(=O)[C@@H]1[C@@H]2[C@H](CN1C(=O)[C@@H](NC(=O)NC1CCCCC1)C(C)(C)C)C2(C)C. The quantitative estimate of drug-likeness (QED) is 0.210. The summed E-state index contributed by atoms with van der Waals surface area (Å²) in [5.74, 6) is -2.14. The third-order valence-electron chi connectivity index (χ3n) is 9.20. The van der Waals surface area contributed by atoms with Gasteiger partial charge in [-0.1, -0.05) is 79.7 Å². The van der Waals surface area contributed by atoms with Crippen LogP contribution in [0.4, 0.5) is 4.79 Å². The number of nitrogens with one attached hydrogen (secondary N) is 4. The minimum Gasteiger partial charge on any atom is -0.346 e. The Morgan fingerprint density at radius 1 is 1.05 bits per heavy atom. The van der Waals surface area contributed by atoms with Crippen molar-refractivity contribution >= 4 is 29.5 Å². The maximum absolute atomic E-state index is 14.1. The molecule has 0 aromatic carbocycles. The molecule has 1 heterocycles. The molecular formula is C31H51N5O5. The molecule has 2 saturated carbocycles. The highest BCUT2D eigenvalue weighted by Crippen LogP contribution is 2.65. The Labute approximate surface area is 245 Å². The Morgan fingerprint density at radius 2 is 1.71 bits per heavy atom. The number of fused-ring (bicyclic) bond motifs is 1. The summed E-state index contributed by atoms with van der Waals surface area (Å²) >= 11 is 0. The summed E-state index contributed by atoms with van der Waals surface area (Å²) in [7, 11) is 0. The highest BCUT2D eigenvalue weighted by atomic mass is 16.2. The van der Waals surface area contributed by atoms with Crippen molar-refractivity contribution in [1.29, 1.82) is 0 Å². The lowest BCUT2D eigenvalue weighted by atomic mass is 9.85. The number of hydrogen-bond donors (Lipinski definition) is 4. The molecule has 0 unspecified atom stereocenters. The Kier molecular flexibility index (Phi) is 10.6. The molecule has 1 saturated heterocycles. The lowest BCUT2D eigenvalue weighted by Gasteiger charge is -2.38. The molecule has 4 N–H and O–H groups in total. The molecule has 0 radical (unpaired) electrons. The van der Waals surface area contributed by atoms with E-state index in [0.717, 1.165) is 32.1 Å². The zero-order chi connectivity index (χ0) is 30.5. The first-order valence-corrected chi connectivity index (χ1v) is 15.3. The van der Waals surface area contributed by atoms with Crippen LogP contribution in [0.25, 0.3) is 0 Å². The van der Waals surface area contributed by atoms with Gasteiger partial charge in [0, 0.05) is 19.1 Å². The summed E-state index contributed by atoms with van der Waals surface area (Å²) in [6.07, 6.45) is 8.44. The highest BCUT2D eigenvalue weighted by Gasteiger charge is 2.69. The van der Waals surface area contributed by atoms with E-state index in [1.165, 1.54) is 12.5 Å². The molecular weight excluding hydrogens is 522 g/mol. The number of Topliss-reactive ketones (excluding diaryl/α,β-unsaturated/α-hetero) is 1. The van der Waals surface area contributed by atoms with Crippen LogP contribution in [0, 0.1) is 22.7 Å². The first-order chi connectivity index (χ1) is 19.2. The molecule has 0 aromatic heterocycles. The van der Waals surface area contributed by atoms with E-state index >= 15 is 0 Å². The smallest absolute Gasteiger partial charge is 0.315 e. The van der Waals surface area contributed by atoms with E-state index in [0.29, 0.717) is 19.4 Å². The number of ketones is 1. The van der Waals surface area contributed by atoms with Gasteiger partial charge in [-0.3, -0.25) is 19.2 Å². The number of nitrogens with zero attached hydrogens (tertiary/aromatic N) is 1. The average molecular weight is 574 g/mol. The standard InChI is InChI=1S/C31H51N5O5/c1-8-10-16-21(24(37)27(39)32-17-9-2)34-26(38)23-22-20(31(22,6)7)18-36(23)28(40)25(30(3,4)5)35-29(41)33-19-14-12-11-13-15-19/h9,19-23,25H,2,8,10-18H2,1,3-7H3,(H,32,39)(H,34,38)(H2,33,35,41)/t20-,21-,22-,23-,25+/m0/s1. The second-order valence-corrected chi connectivity index (χ2v) is 13.7. The van der Waals surface area contributed by atoms with Crippen molar-refractivity contribution in [3.63, 3.8) is 0 Å². The molecule has 41 heavy (non-hydrogen) atoms. The van der Waals surface area contributed by atoms with Gasteiger partial charge in [0.05, 0.1) is 6.04 Å². The highest BCUT2D eigenvalue weighted by molar-refractivity contribution is 6.38. The number of carbonyl (C=O) groups excluding carboxylic acids is 5. The van der Waals surface area contributed by atoms with Crippen molar-refractivity contribution in [3.8, 4) is 0 Å². The monoisotopic (exact) mass is 573 g/mol. The van der Waals surface area contributed by atoms with E-state index in [-0.39, 0.29) is 41.8 Å². The topological polar surface area (TPSA) is 137 Å². The number of carbonyl (C=O) groups is 5. The fourth-order valence-electron chi connectivity index (χ4n) is 6.58. The summed E-state index contributed by atoms with van der Waals surface area (Å²) in [5, 5.41) is 11.3. The molecule has 230 valence electrons. The second-order valence-electron chi connectivity index (χ2n) is 13.7. The Bertz CT molecular complexity index is 1010. The van der Waals surface area contributed by atoms with Crippen molar-refractivity contribution < 1.29 is 24.0 Å². The van der Waals surface area contributed by atoms with E-state index in [9.17, 15) is 24.0 Å². The minimum atomic E-state index is -0.983. The Morgan fingerprint density at radius 3 is 2.29 bits per heavy atom. The van der Waals surface area contributed by atoms with Gasteiger partial charge >= 0.3 is 6.03 Å². The Balaban J connectivity index is 1.79. The molecule has 5 atom stereocenters. The molecule has 10 nitrogen and oxygen atoms in total. The molecule has 3 fully saturated rings. The number of unbranched alkanes of at least 4 members (excludes halogenated alkanes) is 1. The van der Waals surface area contributed by atoms with E-state index in [4.69, 9.17) is 0 Å². The first-order valence-electron chi connectivity index (χ1n) is 15.3. The van der Waals surface area contributed by atoms with E-state index in [1.54, 1.807) is 4.90 Å². The van der Waals surface area contributed by atoms with Gasteiger partial charge in [0.2, 0.25) is 17.6 Å². The van der Waals surface area contributed by atoms with Crippen molar-refractivity contribution in [3.05, 3.63) is 12.7 Å². The molecule has 3 aliphatic rings. The maximum atomic E-state index is 14.1. The number of urea groups is 1. The zero-order valence-electron chi connectivity index (χ0n) is 25.8. The van der Waals surface area contributed by atoms with Crippen LogP contribution in [-0.4, -0.2) is 71.7 Å². The lowest BCUT2D eigenvalue weighted by molar-refractivity contribution is -0.145. The number of rotatable bonds is 12. The van der Waals surface area contributed by atoms with Crippen LogP contribution in [-0.2, 0) is 19.2 Å². The molecule has 3 rings (SSSR count). The first kappa shape index (κ1) is 32.6. The van der Waals surface area contributed by atoms with Crippen LogP contribution in [0.3, 0.4) is 0 Å². The van der Waals surface area contributed by atoms with Crippen molar-refractivity contribution in [2.75, 3.05) is 13.1 Å². The van der Waals surface area contributed by atoms with Gasteiger partial charge in [0.15, 0.2) is 0 Å². The average Bonchev–Trinajstić information content (AvgIpc) is 3.24. The third-order valence-corrected chi connectivity index (χ3v) is 9.20. The predicted molar refractivity (Wildman–Crippen MR) is 158 cm³/mol. The molecule has 5 amide bonds. The summed E-state index contributed by atoms with van der Waals surface area (Å²) in [6, 6.07) is -2.89. The summed E-state index contributed by atoms with van der Waals surface area (Å²) in [5.41, 5.74) is -0.737. The number of hydrogen-bond acceptors (Lipinski definition) is 5. The largest absolute Gasteiger partial charge is 0.346 e. The number of amides is 5. The minimum absolute atomic E-state index is 0.0698. The van der Waals surface area contributed by atoms with Gasteiger partial charge in [0.1, 0.15) is 12.1 Å². The van der Waals surface area contributed by atoms with Crippen LogP contribution in [0.15, 0.2) is 12.7 Å². The Hall–Kier alpha value is -2.91. The molecule has 10 heteroatoms.